The summed E-state index contributed by atoms with van der Waals surface area (Å²) in [4.78, 5) is 21.7. The van der Waals surface area contributed by atoms with Gasteiger partial charge in [-0.2, -0.15) is 5.32 Å². The van der Waals surface area contributed by atoms with Crippen LogP contribution in [0.4, 0.5) is 0 Å². The molecule has 0 unspecified atom stereocenters. The molecule has 0 saturated heterocycles. The fourth-order valence-corrected chi connectivity index (χ4v) is 0.945. The first-order valence-corrected chi connectivity index (χ1v) is 3.02. The van der Waals surface area contributed by atoms with Crippen LogP contribution in [0.25, 0.3) is 0 Å². The summed E-state index contributed by atoms with van der Waals surface area (Å²) in [5.74, 6) is -0.989. The Morgan fingerprint density at radius 1 is 1.27 bits per heavy atom. The maximum absolute atomic E-state index is 10.9. The quantitative estimate of drug-likeness (QED) is 0.488. The number of rotatable bonds is 0. The highest BCUT2D eigenvalue weighted by atomic mass is 16.2. The molecule has 0 aromatic heterocycles. The van der Waals surface area contributed by atoms with Gasteiger partial charge in [-0.1, -0.05) is 6.07 Å². The van der Waals surface area contributed by atoms with E-state index < -0.39 is 11.8 Å². The van der Waals surface area contributed by atoms with Crippen LogP contribution in [-0.2, 0) is 0 Å². The van der Waals surface area contributed by atoms with Gasteiger partial charge in [-0.15, -0.1) is 0 Å². The molecule has 0 saturated carbocycles. The van der Waals surface area contributed by atoms with Gasteiger partial charge in [0.2, 0.25) is 0 Å². The Hall–Kier alpha value is -1.64. The molecule has 1 aromatic rings. The lowest BCUT2D eigenvalue weighted by Crippen LogP contribution is -2.10. The van der Waals surface area contributed by atoms with Crippen molar-refractivity contribution in [2.45, 2.75) is 0 Å². The summed E-state index contributed by atoms with van der Waals surface area (Å²) in [6.07, 6.45) is 0. The maximum atomic E-state index is 10.9. The number of imide groups is 1. The first-order chi connectivity index (χ1) is 5.29. The van der Waals surface area contributed by atoms with Crippen molar-refractivity contribution in [1.29, 1.82) is 0 Å². The van der Waals surface area contributed by atoms with Gasteiger partial charge < -0.3 is 0 Å². The SMILES string of the molecule is O=C1[N]C(=O)c2cc[c][c]c21. The molecule has 0 atom stereocenters. The molecule has 0 fully saturated rings. The van der Waals surface area contributed by atoms with Crippen LogP contribution in [0.1, 0.15) is 20.7 Å². The van der Waals surface area contributed by atoms with E-state index in [1.807, 2.05) is 0 Å². The predicted octanol–water partition coefficient (Wildman–Crippen LogP) is 0.185. The Labute approximate surface area is 63.0 Å². The Bertz CT molecular complexity index is 311. The number of fused-ring (bicyclic) bond motifs is 1. The molecule has 0 aliphatic carbocycles. The van der Waals surface area contributed by atoms with Gasteiger partial charge in [0.1, 0.15) is 0 Å². The molecule has 3 radical (unpaired) electrons. The zero-order valence-electron chi connectivity index (χ0n) is 5.42. The summed E-state index contributed by atoms with van der Waals surface area (Å²) >= 11 is 0. The fraction of sp³-hybridized carbons (Fsp3) is 0. The summed E-state index contributed by atoms with van der Waals surface area (Å²) in [7, 11) is 0. The van der Waals surface area contributed by atoms with Crippen molar-refractivity contribution in [2.75, 3.05) is 0 Å². The zero-order valence-corrected chi connectivity index (χ0v) is 5.42. The fourth-order valence-electron chi connectivity index (χ4n) is 0.945. The molecule has 1 aromatic carbocycles. The number of hydrogen-bond donors (Lipinski definition) is 0. The second-order valence-electron chi connectivity index (χ2n) is 2.11. The van der Waals surface area contributed by atoms with Crippen LogP contribution in [0.5, 0.6) is 0 Å². The number of benzene rings is 1. The molecule has 3 heteroatoms. The molecule has 1 aliphatic rings. The summed E-state index contributed by atoms with van der Waals surface area (Å²) < 4.78 is 0. The van der Waals surface area contributed by atoms with Crippen LogP contribution < -0.4 is 5.32 Å². The lowest BCUT2D eigenvalue weighted by atomic mass is 10.1. The van der Waals surface area contributed by atoms with Crippen LogP contribution >= 0.6 is 0 Å². The van der Waals surface area contributed by atoms with Crippen molar-refractivity contribution < 1.29 is 9.59 Å². The van der Waals surface area contributed by atoms with Gasteiger partial charge in [-0.05, 0) is 12.1 Å². The molecule has 2 rings (SSSR count). The molecule has 11 heavy (non-hydrogen) atoms. The molecule has 51 valence electrons. The monoisotopic (exact) mass is 144 g/mol. The van der Waals surface area contributed by atoms with E-state index >= 15 is 0 Å². The highest BCUT2D eigenvalue weighted by Gasteiger charge is 2.27. The van der Waals surface area contributed by atoms with E-state index in [1.54, 1.807) is 0 Å². The van der Waals surface area contributed by atoms with E-state index in [9.17, 15) is 9.59 Å². The smallest absolute Gasteiger partial charge is 0.267 e. The standard InChI is InChI=1S/C8H2NO2/c10-7-5-3-1-2-4-6(5)8(11)9-7/h1,3H. The average molecular weight is 144 g/mol. The van der Waals surface area contributed by atoms with E-state index in [-0.39, 0.29) is 5.56 Å². The van der Waals surface area contributed by atoms with Crippen molar-refractivity contribution in [2.24, 2.45) is 0 Å². The summed E-state index contributed by atoms with van der Waals surface area (Å²) in [6, 6.07) is 8.17. The molecule has 0 N–H and O–H groups in total. The highest BCUT2D eigenvalue weighted by Crippen LogP contribution is 2.14. The number of amides is 2. The molecular formula is C8H2NO2. The third-order valence-corrected chi connectivity index (χ3v) is 1.45. The Kier molecular flexibility index (Phi) is 1.06. The van der Waals surface area contributed by atoms with Crippen LogP contribution in [0.15, 0.2) is 12.1 Å². The van der Waals surface area contributed by atoms with Gasteiger partial charge in [0, 0.05) is 6.07 Å². The molecular weight excluding hydrogens is 142 g/mol. The minimum Gasteiger partial charge on any atom is -0.267 e. The Morgan fingerprint density at radius 2 is 2.09 bits per heavy atom. The van der Waals surface area contributed by atoms with Crippen molar-refractivity contribution >= 4 is 11.8 Å². The minimum atomic E-state index is -0.512. The van der Waals surface area contributed by atoms with Crippen molar-refractivity contribution in [1.82, 2.24) is 5.32 Å². The molecule has 1 aliphatic heterocycles. The summed E-state index contributed by atoms with van der Waals surface area (Å²) in [5.41, 5.74) is 0.561. The molecule has 0 spiro atoms. The van der Waals surface area contributed by atoms with Gasteiger partial charge >= 0.3 is 0 Å². The van der Waals surface area contributed by atoms with E-state index in [4.69, 9.17) is 0 Å². The third kappa shape index (κ3) is 0.741. The number of nitrogens with zero attached hydrogens (tertiary/aromatic N) is 1. The maximum Gasteiger partial charge on any atom is 0.281 e. The number of carbonyl (C=O) groups excluding carboxylic acids is 2. The molecule has 1 heterocycles. The Balaban J connectivity index is 2.69. The predicted molar refractivity (Wildman–Crippen MR) is 34.9 cm³/mol. The Morgan fingerprint density at radius 3 is 2.82 bits per heavy atom. The molecule has 3 nitrogen and oxygen atoms in total. The van der Waals surface area contributed by atoms with E-state index in [0.717, 1.165) is 0 Å². The van der Waals surface area contributed by atoms with Crippen molar-refractivity contribution in [3.05, 3.63) is 35.4 Å². The van der Waals surface area contributed by atoms with Gasteiger partial charge in [0.05, 0.1) is 11.1 Å². The van der Waals surface area contributed by atoms with Gasteiger partial charge in [-0.3, -0.25) is 9.59 Å². The second-order valence-corrected chi connectivity index (χ2v) is 2.11. The van der Waals surface area contributed by atoms with Gasteiger partial charge in [-0.25, -0.2) is 0 Å². The zero-order chi connectivity index (χ0) is 7.84. The highest BCUT2D eigenvalue weighted by molar-refractivity contribution is 6.20. The number of hydrogen-bond acceptors (Lipinski definition) is 2. The van der Waals surface area contributed by atoms with Crippen molar-refractivity contribution in [3.63, 3.8) is 0 Å². The van der Waals surface area contributed by atoms with Gasteiger partial charge in [0.15, 0.2) is 0 Å². The van der Waals surface area contributed by atoms with Crippen LogP contribution in [0.3, 0.4) is 0 Å². The summed E-state index contributed by atoms with van der Waals surface area (Å²) in [6.45, 7) is 0. The minimum absolute atomic E-state index is 0.234. The van der Waals surface area contributed by atoms with Crippen LogP contribution in [0, 0.1) is 12.1 Å². The number of carbonyl (C=O) groups is 2. The van der Waals surface area contributed by atoms with E-state index in [0.29, 0.717) is 5.56 Å². The van der Waals surface area contributed by atoms with Gasteiger partial charge in [0.25, 0.3) is 11.8 Å². The van der Waals surface area contributed by atoms with Crippen LogP contribution in [0.2, 0.25) is 0 Å². The lowest BCUT2D eigenvalue weighted by Gasteiger charge is -1.86. The normalized spacial score (nSPS) is 14.5. The van der Waals surface area contributed by atoms with E-state index in [2.05, 4.69) is 17.4 Å². The lowest BCUT2D eigenvalue weighted by molar-refractivity contribution is 0.0873. The average Bonchev–Trinajstić information content (AvgIpc) is 2.30. The van der Waals surface area contributed by atoms with E-state index in [1.165, 1.54) is 12.1 Å². The largest absolute Gasteiger partial charge is 0.281 e. The first kappa shape index (κ1) is 6.09. The second kappa shape index (κ2) is 1.92. The summed E-state index contributed by atoms with van der Waals surface area (Å²) in [5, 5.41) is 3.23. The first-order valence-electron chi connectivity index (χ1n) is 3.02. The molecule has 0 bridgehead atoms. The topological polar surface area (TPSA) is 48.2 Å². The molecule has 2 amide bonds. The van der Waals surface area contributed by atoms with Crippen molar-refractivity contribution in [3.8, 4) is 0 Å². The van der Waals surface area contributed by atoms with Crippen LogP contribution in [-0.4, -0.2) is 11.8 Å². The third-order valence-electron chi connectivity index (χ3n) is 1.45.